The van der Waals surface area contributed by atoms with E-state index < -0.39 is 0 Å². The highest BCUT2D eigenvalue weighted by Gasteiger charge is 2.11. The van der Waals surface area contributed by atoms with Crippen LogP contribution in [0.3, 0.4) is 0 Å². The third kappa shape index (κ3) is 4.86. The van der Waals surface area contributed by atoms with E-state index >= 15 is 0 Å². The minimum absolute atomic E-state index is 0.247. The van der Waals surface area contributed by atoms with Crippen LogP contribution in [0.4, 0.5) is 11.9 Å². The van der Waals surface area contributed by atoms with Crippen molar-refractivity contribution in [3.63, 3.8) is 0 Å². The van der Waals surface area contributed by atoms with Crippen molar-refractivity contribution in [3.8, 4) is 6.01 Å². The lowest BCUT2D eigenvalue weighted by Gasteiger charge is -2.23. The molecule has 0 radical (unpaired) electrons. The zero-order valence-electron chi connectivity index (χ0n) is 12.4. The summed E-state index contributed by atoms with van der Waals surface area (Å²) in [7, 11) is 3.30. The van der Waals surface area contributed by atoms with Crippen LogP contribution in [0, 0.1) is 0 Å². The highest BCUT2D eigenvalue weighted by atomic mass is 16.5. The van der Waals surface area contributed by atoms with Crippen LogP contribution in [-0.2, 0) is 0 Å². The van der Waals surface area contributed by atoms with Crippen molar-refractivity contribution in [2.45, 2.75) is 26.8 Å². The average Bonchev–Trinajstić information content (AvgIpc) is 2.44. The van der Waals surface area contributed by atoms with Crippen molar-refractivity contribution in [2.24, 2.45) is 0 Å². The van der Waals surface area contributed by atoms with Gasteiger partial charge in [0.15, 0.2) is 0 Å². The number of ether oxygens (including phenoxy) is 1. The molecule has 1 heterocycles. The van der Waals surface area contributed by atoms with Gasteiger partial charge in [-0.2, -0.15) is 15.0 Å². The minimum Gasteiger partial charge on any atom is -0.467 e. The fourth-order valence-corrected chi connectivity index (χ4v) is 1.76. The van der Waals surface area contributed by atoms with Gasteiger partial charge >= 0.3 is 6.01 Å². The monoisotopic (exact) mass is 268 g/mol. The molecule has 0 bridgehead atoms. The van der Waals surface area contributed by atoms with Crippen LogP contribution >= 0.6 is 0 Å². The van der Waals surface area contributed by atoms with Gasteiger partial charge in [-0.05, 0) is 20.0 Å². The summed E-state index contributed by atoms with van der Waals surface area (Å²) in [6.07, 6.45) is 0. The fraction of sp³-hybridized carbons (Fsp3) is 0.750. The van der Waals surface area contributed by atoms with Gasteiger partial charge < -0.3 is 20.3 Å². The lowest BCUT2D eigenvalue weighted by molar-refractivity contribution is 0.294. The van der Waals surface area contributed by atoms with E-state index in [4.69, 9.17) is 4.74 Å². The number of likely N-dealkylation sites (N-methyl/N-ethyl adjacent to an activating group) is 1. The highest BCUT2D eigenvalue weighted by molar-refractivity contribution is 5.35. The molecule has 0 saturated carbocycles. The van der Waals surface area contributed by atoms with Gasteiger partial charge in [0.05, 0.1) is 7.11 Å². The Morgan fingerprint density at radius 3 is 2.32 bits per heavy atom. The molecule has 7 nitrogen and oxygen atoms in total. The van der Waals surface area contributed by atoms with E-state index in [9.17, 15) is 0 Å². The Labute approximate surface area is 114 Å². The van der Waals surface area contributed by atoms with Crippen molar-refractivity contribution >= 4 is 11.9 Å². The van der Waals surface area contributed by atoms with Crippen molar-refractivity contribution < 1.29 is 4.74 Å². The summed E-state index contributed by atoms with van der Waals surface area (Å²) in [6, 6.07) is 0.550. The summed E-state index contributed by atoms with van der Waals surface area (Å²) in [6.45, 7) is 9.42. The molecule has 0 aliphatic carbocycles. The largest absolute Gasteiger partial charge is 0.467 e. The Morgan fingerprint density at radius 2 is 1.79 bits per heavy atom. The number of anilines is 2. The normalized spacial score (nSPS) is 12.3. The molecule has 1 aromatic rings. The molecule has 0 aliphatic rings. The van der Waals surface area contributed by atoms with Gasteiger partial charge in [-0.1, -0.05) is 13.8 Å². The molecule has 1 aromatic heterocycles. The van der Waals surface area contributed by atoms with Gasteiger partial charge in [0, 0.05) is 19.6 Å². The third-order valence-electron chi connectivity index (χ3n) is 2.82. The SMILES string of the molecule is CCN(CC)CC(C)Nc1nc(NC)nc(OC)n1. The van der Waals surface area contributed by atoms with Gasteiger partial charge in [0.2, 0.25) is 11.9 Å². The number of nitrogens with zero attached hydrogens (tertiary/aromatic N) is 4. The smallest absolute Gasteiger partial charge is 0.322 e. The van der Waals surface area contributed by atoms with E-state index in [-0.39, 0.29) is 6.04 Å². The number of rotatable bonds is 8. The molecule has 0 spiro atoms. The predicted molar refractivity (Wildman–Crippen MR) is 76.8 cm³/mol. The second-order valence-electron chi connectivity index (χ2n) is 4.25. The van der Waals surface area contributed by atoms with Crippen LogP contribution in [0.25, 0.3) is 0 Å². The van der Waals surface area contributed by atoms with Gasteiger partial charge in [0.1, 0.15) is 0 Å². The summed E-state index contributed by atoms with van der Waals surface area (Å²) in [5.74, 6) is 1.01. The van der Waals surface area contributed by atoms with Crippen LogP contribution < -0.4 is 15.4 Å². The topological polar surface area (TPSA) is 75.2 Å². The molecule has 0 saturated heterocycles. The summed E-state index contributed by atoms with van der Waals surface area (Å²) < 4.78 is 5.05. The van der Waals surface area contributed by atoms with E-state index in [0.29, 0.717) is 17.9 Å². The minimum atomic E-state index is 0.247. The van der Waals surface area contributed by atoms with Crippen LogP contribution in [-0.4, -0.2) is 59.7 Å². The third-order valence-corrected chi connectivity index (χ3v) is 2.82. The maximum atomic E-state index is 5.05. The second kappa shape index (κ2) is 7.73. The number of aromatic nitrogens is 3. The number of hydrogen-bond donors (Lipinski definition) is 2. The lowest BCUT2D eigenvalue weighted by Crippen LogP contribution is -2.35. The summed E-state index contributed by atoms with van der Waals surface area (Å²) in [4.78, 5) is 14.8. The van der Waals surface area contributed by atoms with Gasteiger partial charge in [-0.25, -0.2) is 0 Å². The molecule has 108 valence electrons. The first kappa shape index (κ1) is 15.4. The fourth-order valence-electron chi connectivity index (χ4n) is 1.76. The molecule has 1 unspecified atom stereocenters. The lowest BCUT2D eigenvalue weighted by atomic mass is 10.3. The Kier molecular flexibility index (Phi) is 6.27. The van der Waals surface area contributed by atoms with Crippen LogP contribution in [0.2, 0.25) is 0 Å². The highest BCUT2D eigenvalue weighted by Crippen LogP contribution is 2.11. The summed E-state index contributed by atoms with van der Waals surface area (Å²) in [5, 5.41) is 6.15. The molecule has 19 heavy (non-hydrogen) atoms. The molecule has 1 rings (SSSR count). The van der Waals surface area contributed by atoms with Crippen molar-refractivity contribution in [2.75, 3.05) is 44.4 Å². The number of methoxy groups -OCH3 is 1. The first-order valence-electron chi connectivity index (χ1n) is 6.59. The Hall–Kier alpha value is -1.63. The molecule has 7 heteroatoms. The molecular weight excluding hydrogens is 244 g/mol. The molecule has 0 fully saturated rings. The van der Waals surface area contributed by atoms with Crippen LogP contribution in [0.1, 0.15) is 20.8 Å². The Morgan fingerprint density at radius 1 is 1.16 bits per heavy atom. The van der Waals surface area contributed by atoms with Crippen LogP contribution in [0.15, 0.2) is 0 Å². The molecular formula is C12H24N6O. The van der Waals surface area contributed by atoms with Crippen molar-refractivity contribution in [3.05, 3.63) is 0 Å². The van der Waals surface area contributed by atoms with E-state index in [1.807, 2.05) is 0 Å². The molecule has 2 N–H and O–H groups in total. The Balaban J connectivity index is 2.69. The zero-order valence-corrected chi connectivity index (χ0v) is 12.4. The van der Waals surface area contributed by atoms with Gasteiger partial charge in [-0.15, -0.1) is 0 Å². The number of hydrogen-bond acceptors (Lipinski definition) is 7. The predicted octanol–water partition coefficient (Wildman–Crippen LogP) is 1.06. The molecule has 0 amide bonds. The van der Waals surface area contributed by atoms with E-state index in [2.05, 4.69) is 51.3 Å². The van der Waals surface area contributed by atoms with Gasteiger partial charge in [0.25, 0.3) is 0 Å². The summed E-state index contributed by atoms with van der Waals surface area (Å²) in [5.41, 5.74) is 0. The standard InChI is InChI=1S/C12H24N6O/c1-6-18(7-2)8-9(3)14-11-15-10(13-4)16-12(17-11)19-5/h9H,6-8H2,1-5H3,(H2,13,14,15,16,17). The van der Waals surface area contributed by atoms with Crippen molar-refractivity contribution in [1.82, 2.24) is 19.9 Å². The first-order chi connectivity index (χ1) is 9.12. The van der Waals surface area contributed by atoms with E-state index in [1.54, 1.807) is 7.05 Å². The van der Waals surface area contributed by atoms with E-state index in [0.717, 1.165) is 19.6 Å². The molecule has 1 atom stereocenters. The van der Waals surface area contributed by atoms with Crippen LogP contribution in [0.5, 0.6) is 6.01 Å². The second-order valence-corrected chi connectivity index (χ2v) is 4.25. The maximum absolute atomic E-state index is 5.05. The quantitative estimate of drug-likeness (QED) is 0.730. The van der Waals surface area contributed by atoms with Crippen molar-refractivity contribution in [1.29, 1.82) is 0 Å². The Bertz CT molecular complexity index is 360. The van der Waals surface area contributed by atoms with Gasteiger partial charge in [-0.3, -0.25) is 0 Å². The molecule has 0 aliphatic heterocycles. The average molecular weight is 268 g/mol. The number of nitrogens with one attached hydrogen (secondary N) is 2. The zero-order chi connectivity index (χ0) is 14.3. The first-order valence-corrected chi connectivity index (χ1v) is 6.59. The van der Waals surface area contributed by atoms with E-state index in [1.165, 1.54) is 7.11 Å². The summed E-state index contributed by atoms with van der Waals surface area (Å²) >= 11 is 0. The maximum Gasteiger partial charge on any atom is 0.322 e. The molecule has 0 aromatic carbocycles.